The van der Waals surface area contributed by atoms with Gasteiger partial charge in [-0.05, 0) is 39.5 Å². The van der Waals surface area contributed by atoms with Crippen LogP contribution in [0.2, 0.25) is 0 Å². The van der Waals surface area contributed by atoms with Gasteiger partial charge in [0, 0.05) is 0 Å². The molecule has 0 aromatic heterocycles. The Hall–Kier alpha value is -1.18. The number of aliphatic hydroxyl groups excluding tert-OH is 2. The topological polar surface area (TPSA) is 124 Å². The average molecular weight is 423 g/mol. The van der Waals surface area contributed by atoms with Gasteiger partial charge in [0.05, 0.1) is 37.3 Å². The molecule has 7 nitrogen and oxygen atoms in total. The Balaban J connectivity index is -0.000000350. The van der Waals surface area contributed by atoms with Crippen molar-refractivity contribution in [1.29, 1.82) is 0 Å². The lowest BCUT2D eigenvalue weighted by Gasteiger charge is -2.10. The van der Waals surface area contributed by atoms with E-state index in [4.69, 9.17) is 25.2 Å². The lowest BCUT2D eigenvalue weighted by Crippen LogP contribution is -2.19. The van der Waals surface area contributed by atoms with Crippen molar-refractivity contribution in [3.63, 3.8) is 0 Å². The molecule has 0 aliphatic carbocycles. The number of hydrogen-bond donors (Lipinski definition) is 4. The van der Waals surface area contributed by atoms with Crippen LogP contribution in [0.3, 0.4) is 0 Å². The van der Waals surface area contributed by atoms with E-state index in [0.29, 0.717) is 6.61 Å². The molecule has 0 spiro atoms. The highest BCUT2D eigenvalue weighted by molar-refractivity contribution is 5.70. The third-order valence-electron chi connectivity index (χ3n) is 4.38. The number of aliphatic hydroxyl groups is 2. The molecule has 0 aliphatic heterocycles. The number of unbranched alkanes of at least 4 members (excludes halogenated alkanes) is 2. The van der Waals surface area contributed by atoms with E-state index in [1.807, 2.05) is 13.8 Å². The van der Waals surface area contributed by atoms with Gasteiger partial charge >= 0.3 is 11.9 Å². The maximum atomic E-state index is 10.4. The third kappa shape index (κ3) is 24.8. The Labute approximate surface area is 177 Å². The molecular formula is C22H46O7. The Bertz CT molecular complexity index is 346. The van der Waals surface area contributed by atoms with Gasteiger partial charge in [0.2, 0.25) is 0 Å². The summed E-state index contributed by atoms with van der Waals surface area (Å²) in [5.74, 6) is -1.51. The van der Waals surface area contributed by atoms with Gasteiger partial charge in [0.1, 0.15) is 0 Å². The number of rotatable bonds is 14. The average Bonchev–Trinajstić information content (AvgIpc) is 2.67. The molecule has 0 bridgehead atoms. The van der Waals surface area contributed by atoms with Crippen molar-refractivity contribution >= 4 is 11.9 Å². The molecule has 176 valence electrons. The van der Waals surface area contributed by atoms with Gasteiger partial charge in [-0.1, -0.05) is 53.4 Å². The first-order chi connectivity index (χ1) is 13.6. The Morgan fingerprint density at radius 2 is 1.21 bits per heavy atom. The first kappa shape index (κ1) is 32.5. The van der Waals surface area contributed by atoms with E-state index < -0.39 is 18.0 Å². The fourth-order valence-electron chi connectivity index (χ4n) is 2.26. The maximum absolute atomic E-state index is 10.4. The van der Waals surface area contributed by atoms with Crippen LogP contribution < -0.4 is 0 Å². The fourth-order valence-corrected chi connectivity index (χ4v) is 2.26. The molecule has 0 saturated heterocycles. The summed E-state index contributed by atoms with van der Waals surface area (Å²) in [6.45, 7) is 11.7. The number of ether oxygens (including phenoxy) is 1. The quantitative estimate of drug-likeness (QED) is 0.328. The molecule has 0 aliphatic rings. The highest BCUT2D eigenvalue weighted by Crippen LogP contribution is 2.12. The second-order valence-electron chi connectivity index (χ2n) is 7.35. The van der Waals surface area contributed by atoms with Crippen molar-refractivity contribution in [1.82, 2.24) is 0 Å². The molecule has 0 aromatic carbocycles. The first-order valence-corrected chi connectivity index (χ1v) is 11.0. The Kier molecular flexibility index (Phi) is 25.9. The zero-order chi connectivity index (χ0) is 23.2. The van der Waals surface area contributed by atoms with Gasteiger partial charge in [0.25, 0.3) is 0 Å². The monoisotopic (exact) mass is 422 g/mol. The van der Waals surface area contributed by atoms with Gasteiger partial charge < -0.3 is 25.2 Å². The van der Waals surface area contributed by atoms with Crippen molar-refractivity contribution < 1.29 is 34.8 Å². The van der Waals surface area contributed by atoms with Gasteiger partial charge in [0.15, 0.2) is 0 Å². The minimum atomic E-state index is -0.643. The van der Waals surface area contributed by atoms with Gasteiger partial charge in [-0.3, -0.25) is 9.59 Å². The van der Waals surface area contributed by atoms with Crippen molar-refractivity contribution in [3.8, 4) is 0 Å². The van der Waals surface area contributed by atoms with E-state index >= 15 is 0 Å². The maximum Gasteiger partial charge on any atom is 0.306 e. The van der Waals surface area contributed by atoms with Crippen LogP contribution in [0.15, 0.2) is 0 Å². The number of carbonyl (C=O) groups is 2. The summed E-state index contributed by atoms with van der Waals surface area (Å²) < 4.78 is 4.95. The van der Waals surface area contributed by atoms with Crippen LogP contribution in [0, 0.1) is 11.8 Å². The second kappa shape index (κ2) is 23.1. The van der Waals surface area contributed by atoms with Crippen LogP contribution in [-0.4, -0.2) is 57.8 Å². The number of carboxylic acids is 2. The summed E-state index contributed by atoms with van der Waals surface area (Å²) in [7, 11) is 0. The molecule has 7 heteroatoms. The van der Waals surface area contributed by atoms with Crippen LogP contribution >= 0.6 is 0 Å². The molecule has 0 radical (unpaired) electrons. The van der Waals surface area contributed by atoms with Gasteiger partial charge in [-0.2, -0.15) is 0 Å². The minimum absolute atomic E-state index is 0.00667. The summed E-state index contributed by atoms with van der Waals surface area (Å²) in [5, 5.41) is 34.3. The van der Waals surface area contributed by atoms with E-state index in [9.17, 15) is 9.59 Å². The summed E-state index contributed by atoms with van der Waals surface area (Å²) in [6.07, 6.45) is 6.82. The van der Waals surface area contributed by atoms with Crippen LogP contribution in [0.25, 0.3) is 0 Å². The zero-order valence-electron chi connectivity index (χ0n) is 19.4. The molecule has 4 unspecified atom stereocenters. The molecule has 0 amide bonds. The zero-order valence-corrected chi connectivity index (χ0v) is 19.4. The number of aliphatic carboxylic acids is 2. The predicted octanol–water partition coefficient (Wildman–Crippen LogP) is 4.34. The van der Waals surface area contributed by atoms with Crippen LogP contribution in [0.1, 0.15) is 92.9 Å². The highest BCUT2D eigenvalue weighted by atomic mass is 16.5. The summed E-state index contributed by atoms with van der Waals surface area (Å²) >= 11 is 0. The molecular weight excluding hydrogens is 376 g/mol. The smallest absolute Gasteiger partial charge is 0.306 e. The molecule has 0 saturated carbocycles. The summed E-state index contributed by atoms with van der Waals surface area (Å²) in [5.41, 5.74) is 0. The first-order valence-electron chi connectivity index (χ1n) is 11.0. The predicted molar refractivity (Wildman–Crippen MR) is 116 cm³/mol. The van der Waals surface area contributed by atoms with Crippen molar-refractivity contribution in [2.24, 2.45) is 11.8 Å². The van der Waals surface area contributed by atoms with Crippen LogP contribution in [0.4, 0.5) is 0 Å². The second-order valence-corrected chi connectivity index (χ2v) is 7.35. The lowest BCUT2D eigenvalue weighted by molar-refractivity contribution is -0.143. The van der Waals surface area contributed by atoms with Gasteiger partial charge in [-0.25, -0.2) is 0 Å². The van der Waals surface area contributed by atoms with E-state index in [1.165, 1.54) is 0 Å². The number of carboxylic acid groups (broad SMARTS) is 2. The summed E-state index contributed by atoms with van der Waals surface area (Å²) in [6, 6.07) is 0. The van der Waals surface area contributed by atoms with Gasteiger partial charge in [-0.15, -0.1) is 0 Å². The molecule has 0 aromatic rings. The van der Waals surface area contributed by atoms with Crippen LogP contribution in [-0.2, 0) is 14.3 Å². The van der Waals surface area contributed by atoms with E-state index in [2.05, 4.69) is 13.8 Å². The lowest BCUT2D eigenvalue weighted by atomic mass is 10.00. The van der Waals surface area contributed by atoms with E-state index in [1.54, 1.807) is 13.8 Å². The number of hydrogen-bond acceptors (Lipinski definition) is 5. The third-order valence-corrected chi connectivity index (χ3v) is 4.38. The van der Waals surface area contributed by atoms with Crippen molar-refractivity contribution in [2.45, 2.75) is 105 Å². The van der Waals surface area contributed by atoms with E-state index in [0.717, 1.165) is 51.4 Å². The fraction of sp³-hybridized carbons (Fsp3) is 0.909. The standard InChI is InChI=1S/2C8H16O2.C6H14O3/c2*1-3-5-6-7(4-2)8(9)10;1-5(8)4-9-6(2)3-7/h2*7H,3-6H2,1-2H3,(H,9,10);5-8H,3-4H2,1-2H3. The molecule has 4 atom stereocenters. The van der Waals surface area contributed by atoms with E-state index in [-0.39, 0.29) is 24.5 Å². The summed E-state index contributed by atoms with van der Waals surface area (Å²) in [4.78, 5) is 20.9. The van der Waals surface area contributed by atoms with Crippen molar-refractivity contribution in [2.75, 3.05) is 13.2 Å². The highest BCUT2D eigenvalue weighted by Gasteiger charge is 2.13. The molecule has 0 heterocycles. The Morgan fingerprint density at radius 3 is 1.41 bits per heavy atom. The molecule has 4 N–H and O–H groups in total. The van der Waals surface area contributed by atoms with Crippen molar-refractivity contribution in [3.05, 3.63) is 0 Å². The Morgan fingerprint density at radius 1 is 0.828 bits per heavy atom. The normalized spacial score (nSPS) is 14.3. The van der Waals surface area contributed by atoms with Crippen LogP contribution in [0.5, 0.6) is 0 Å². The molecule has 0 rings (SSSR count). The minimum Gasteiger partial charge on any atom is -0.481 e. The molecule has 0 fully saturated rings. The SMILES string of the molecule is CC(O)COC(C)CO.CCCCC(CC)C(=O)O.CCCCC(CC)C(=O)O. The largest absolute Gasteiger partial charge is 0.481 e. The molecule has 29 heavy (non-hydrogen) atoms.